The van der Waals surface area contributed by atoms with E-state index in [2.05, 4.69) is 4.98 Å². The van der Waals surface area contributed by atoms with E-state index in [1.54, 1.807) is 7.11 Å². The van der Waals surface area contributed by atoms with Gasteiger partial charge in [0.1, 0.15) is 16.3 Å². The van der Waals surface area contributed by atoms with Gasteiger partial charge in [-0.15, -0.1) is 11.3 Å². The van der Waals surface area contributed by atoms with Crippen molar-refractivity contribution in [2.24, 2.45) is 0 Å². The van der Waals surface area contributed by atoms with Crippen molar-refractivity contribution in [1.82, 2.24) is 4.98 Å². The van der Waals surface area contributed by atoms with Crippen molar-refractivity contribution in [3.63, 3.8) is 0 Å². The highest BCUT2D eigenvalue weighted by atomic mass is 32.1. The number of ether oxygens (including phenoxy) is 1. The molecule has 0 aliphatic heterocycles. The minimum absolute atomic E-state index is 0.00571. The molecule has 2 N–H and O–H groups in total. The molecule has 2 heterocycles. The largest absolute Gasteiger partial charge is 0.506 e. The number of pyridine rings is 1. The molecule has 0 fully saturated rings. The number of aryl methyl sites for hydroxylation is 1. The van der Waals surface area contributed by atoms with Gasteiger partial charge in [0.05, 0.1) is 18.1 Å². The number of aromatic amines is 1. The minimum atomic E-state index is -0.300. The summed E-state index contributed by atoms with van der Waals surface area (Å²) >= 11 is 1.39. The van der Waals surface area contributed by atoms with Crippen molar-refractivity contribution >= 4 is 21.6 Å². The first-order valence-corrected chi connectivity index (χ1v) is 9.05. The normalized spacial score (nSPS) is 11.0. The van der Waals surface area contributed by atoms with Crippen LogP contribution < -0.4 is 10.3 Å². The highest BCUT2D eigenvalue weighted by Crippen LogP contribution is 2.44. The minimum Gasteiger partial charge on any atom is -0.506 e. The maximum Gasteiger partial charge on any atom is 0.260 e. The molecule has 26 heavy (non-hydrogen) atoms. The molecule has 5 heteroatoms. The molecule has 0 spiro atoms. The summed E-state index contributed by atoms with van der Waals surface area (Å²) < 4.78 is 5.53. The van der Waals surface area contributed by atoms with Crippen molar-refractivity contribution < 1.29 is 9.84 Å². The summed E-state index contributed by atoms with van der Waals surface area (Å²) in [5.74, 6) is 0.727. The van der Waals surface area contributed by atoms with E-state index in [0.29, 0.717) is 15.8 Å². The molecule has 0 unspecified atom stereocenters. The van der Waals surface area contributed by atoms with Gasteiger partial charge in [-0.05, 0) is 24.1 Å². The number of fused-ring (bicyclic) bond motifs is 1. The van der Waals surface area contributed by atoms with Crippen LogP contribution in [0.25, 0.3) is 32.5 Å². The third kappa shape index (κ3) is 2.57. The summed E-state index contributed by atoms with van der Waals surface area (Å²) in [5, 5.41) is 13.5. The Balaban J connectivity index is 2.04. The third-order valence-corrected chi connectivity index (χ3v) is 5.32. The molecule has 2 aromatic carbocycles. The second-order valence-corrected chi connectivity index (χ2v) is 6.98. The fraction of sp³-hybridized carbons (Fsp3) is 0.0952. The fourth-order valence-corrected chi connectivity index (χ4v) is 4.13. The lowest BCUT2D eigenvalue weighted by Gasteiger charge is -2.11. The van der Waals surface area contributed by atoms with Crippen molar-refractivity contribution in [2.45, 2.75) is 6.92 Å². The van der Waals surface area contributed by atoms with Crippen LogP contribution in [0.3, 0.4) is 0 Å². The monoisotopic (exact) mass is 363 g/mol. The number of H-pyrrole nitrogens is 1. The molecule has 4 aromatic rings. The fourth-order valence-electron chi connectivity index (χ4n) is 3.17. The first kappa shape index (κ1) is 16.4. The van der Waals surface area contributed by atoms with E-state index in [-0.39, 0.29) is 16.9 Å². The Bertz CT molecular complexity index is 1160. The number of aromatic nitrogens is 1. The second kappa shape index (κ2) is 6.35. The average molecular weight is 363 g/mol. The molecular weight excluding hydrogens is 346 g/mol. The Labute approximate surface area is 154 Å². The lowest BCUT2D eigenvalue weighted by atomic mass is 9.99. The molecule has 0 aliphatic rings. The molecular formula is C21H17NO3S. The predicted molar refractivity (Wildman–Crippen MR) is 106 cm³/mol. The van der Waals surface area contributed by atoms with Gasteiger partial charge in [0.25, 0.3) is 5.56 Å². The van der Waals surface area contributed by atoms with Gasteiger partial charge in [-0.1, -0.05) is 42.5 Å². The molecule has 0 saturated carbocycles. The van der Waals surface area contributed by atoms with E-state index in [0.717, 1.165) is 22.4 Å². The van der Waals surface area contributed by atoms with Crippen LogP contribution >= 0.6 is 11.3 Å². The van der Waals surface area contributed by atoms with E-state index in [9.17, 15) is 9.90 Å². The lowest BCUT2D eigenvalue weighted by molar-refractivity contribution is 0.416. The number of rotatable bonds is 3. The summed E-state index contributed by atoms with van der Waals surface area (Å²) in [4.78, 5) is 16.1. The lowest BCUT2D eigenvalue weighted by Crippen LogP contribution is -2.08. The number of benzene rings is 2. The van der Waals surface area contributed by atoms with Gasteiger partial charge in [0.2, 0.25) is 0 Å². The Kier molecular flexibility index (Phi) is 4.01. The van der Waals surface area contributed by atoms with E-state index in [1.165, 1.54) is 11.3 Å². The molecule has 0 amide bonds. The number of thiophene rings is 1. The van der Waals surface area contributed by atoms with Crippen LogP contribution in [-0.2, 0) is 0 Å². The first-order valence-electron chi connectivity index (χ1n) is 8.17. The summed E-state index contributed by atoms with van der Waals surface area (Å²) in [6.07, 6.45) is 0. The summed E-state index contributed by atoms with van der Waals surface area (Å²) in [5.41, 5.74) is 3.47. The van der Waals surface area contributed by atoms with Gasteiger partial charge in [-0.2, -0.15) is 0 Å². The number of hydrogen-bond acceptors (Lipinski definition) is 4. The SMILES string of the molecule is COc1cc(C)ccc1-c1csc2[nH]c(=O)c(-c3ccccc3)c(O)c12. The van der Waals surface area contributed by atoms with Crippen LogP contribution in [0.5, 0.6) is 11.5 Å². The molecule has 4 nitrogen and oxygen atoms in total. The van der Waals surface area contributed by atoms with Gasteiger partial charge in [-0.3, -0.25) is 4.79 Å². The van der Waals surface area contributed by atoms with E-state index < -0.39 is 0 Å². The second-order valence-electron chi connectivity index (χ2n) is 6.10. The molecule has 4 rings (SSSR count). The zero-order valence-electron chi connectivity index (χ0n) is 14.4. The first-order chi connectivity index (χ1) is 12.6. The van der Waals surface area contributed by atoms with Crippen molar-refractivity contribution in [3.05, 3.63) is 69.8 Å². The maximum atomic E-state index is 12.5. The quantitative estimate of drug-likeness (QED) is 0.541. The smallest absolute Gasteiger partial charge is 0.260 e. The standard InChI is InChI=1S/C21H17NO3S/c1-12-8-9-14(16(10-12)25-2)15-11-26-21-18(15)19(23)17(20(24)22-21)13-6-4-3-5-7-13/h3-11H,1-2H3,(H2,22,23,24). The summed E-state index contributed by atoms with van der Waals surface area (Å²) in [7, 11) is 1.63. The van der Waals surface area contributed by atoms with Crippen molar-refractivity contribution in [3.8, 4) is 33.8 Å². The third-order valence-electron chi connectivity index (χ3n) is 4.43. The molecule has 130 valence electrons. The van der Waals surface area contributed by atoms with Gasteiger partial charge in [0, 0.05) is 16.5 Å². The van der Waals surface area contributed by atoms with Gasteiger partial charge in [0.15, 0.2) is 0 Å². The number of aromatic hydroxyl groups is 1. The molecule has 2 aromatic heterocycles. The van der Waals surface area contributed by atoms with Crippen molar-refractivity contribution in [2.75, 3.05) is 7.11 Å². The zero-order chi connectivity index (χ0) is 18.3. The Morgan fingerprint density at radius 1 is 1.08 bits per heavy atom. The van der Waals surface area contributed by atoms with Crippen LogP contribution in [0, 0.1) is 6.92 Å². The molecule has 0 saturated heterocycles. The Morgan fingerprint density at radius 2 is 1.85 bits per heavy atom. The molecule has 0 radical (unpaired) electrons. The summed E-state index contributed by atoms with van der Waals surface area (Å²) in [6.45, 7) is 2.00. The highest BCUT2D eigenvalue weighted by molar-refractivity contribution is 7.17. The van der Waals surface area contributed by atoms with E-state index in [4.69, 9.17) is 4.74 Å². The predicted octanol–water partition coefficient (Wildman–Crippen LogP) is 4.95. The van der Waals surface area contributed by atoms with E-state index >= 15 is 0 Å². The number of hydrogen-bond donors (Lipinski definition) is 2. The molecule has 0 atom stereocenters. The molecule has 0 aliphatic carbocycles. The van der Waals surface area contributed by atoms with Gasteiger partial charge in [-0.25, -0.2) is 0 Å². The van der Waals surface area contributed by atoms with Crippen LogP contribution in [0.15, 0.2) is 58.7 Å². The van der Waals surface area contributed by atoms with Gasteiger partial charge >= 0.3 is 0 Å². The number of nitrogens with one attached hydrogen (secondary N) is 1. The van der Waals surface area contributed by atoms with Crippen LogP contribution in [0.2, 0.25) is 0 Å². The Hall–Kier alpha value is -3.05. The zero-order valence-corrected chi connectivity index (χ0v) is 15.2. The van der Waals surface area contributed by atoms with E-state index in [1.807, 2.05) is 60.8 Å². The van der Waals surface area contributed by atoms with Crippen molar-refractivity contribution in [1.29, 1.82) is 0 Å². The van der Waals surface area contributed by atoms with Crippen LogP contribution in [0.4, 0.5) is 0 Å². The topological polar surface area (TPSA) is 62.3 Å². The van der Waals surface area contributed by atoms with Crippen LogP contribution in [0.1, 0.15) is 5.56 Å². The molecule has 0 bridgehead atoms. The number of methoxy groups -OCH3 is 1. The van der Waals surface area contributed by atoms with Gasteiger partial charge < -0.3 is 14.8 Å². The summed E-state index contributed by atoms with van der Waals surface area (Å²) in [6, 6.07) is 15.1. The average Bonchev–Trinajstić information content (AvgIpc) is 3.06. The van der Waals surface area contributed by atoms with Crippen LogP contribution in [-0.4, -0.2) is 17.2 Å². The Morgan fingerprint density at radius 3 is 2.58 bits per heavy atom. The maximum absolute atomic E-state index is 12.5. The highest BCUT2D eigenvalue weighted by Gasteiger charge is 2.20.